The quantitative estimate of drug-likeness (QED) is 0.567. The van der Waals surface area contributed by atoms with Crippen LogP contribution in [-0.2, 0) is 19.2 Å². The van der Waals surface area contributed by atoms with Crippen LogP contribution in [0.15, 0.2) is 66.8 Å². The van der Waals surface area contributed by atoms with Gasteiger partial charge in [-0.15, -0.1) is 0 Å². The van der Waals surface area contributed by atoms with Crippen molar-refractivity contribution in [1.29, 1.82) is 0 Å². The predicted octanol–water partition coefficient (Wildman–Crippen LogP) is 1.11. The van der Waals surface area contributed by atoms with Gasteiger partial charge in [0.15, 0.2) is 0 Å². The first-order valence-electron chi connectivity index (χ1n) is 9.08. The van der Waals surface area contributed by atoms with E-state index in [4.69, 9.17) is 0 Å². The van der Waals surface area contributed by atoms with Crippen LogP contribution in [0, 0.1) is 0 Å². The van der Waals surface area contributed by atoms with E-state index < -0.39 is 41.9 Å². The van der Waals surface area contributed by atoms with Gasteiger partial charge in [0.1, 0.15) is 6.17 Å². The molecule has 0 saturated heterocycles. The number of benzene rings is 2. The molecule has 0 saturated carbocycles. The molecule has 0 spiro atoms. The topological polar surface area (TPSA) is 133 Å². The summed E-state index contributed by atoms with van der Waals surface area (Å²) in [7, 11) is 0. The summed E-state index contributed by atoms with van der Waals surface area (Å²) in [5, 5.41) is 6.28. The van der Waals surface area contributed by atoms with Crippen LogP contribution in [0.2, 0.25) is 0 Å². The van der Waals surface area contributed by atoms with Crippen LogP contribution < -0.4 is 10.6 Å². The van der Waals surface area contributed by atoms with Gasteiger partial charge in [0.2, 0.25) is 0 Å². The third kappa shape index (κ3) is 3.57. The predicted molar refractivity (Wildman–Crippen MR) is 106 cm³/mol. The Bertz CT molecular complexity index is 1130. The summed E-state index contributed by atoms with van der Waals surface area (Å²) in [5.41, 5.74) is 0.416. The van der Waals surface area contributed by atoms with Gasteiger partial charge in [0, 0.05) is 29.9 Å². The van der Waals surface area contributed by atoms with E-state index in [0.717, 1.165) is 29.7 Å². The zero-order chi connectivity index (χ0) is 22.1. The SMILES string of the molecule is O=C1C=CC(=O)N1C(=O)NC(NC(=O)N1C(=O)C=CC1=O)c1cccc2ccccc12. The van der Waals surface area contributed by atoms with E-state index in [1.54, 1.807) is 30.3 Å². The standard InChI is InChI=1S/C21H14N4O6/c26-15-8-9-16(27)24(15)20(30)22-19(23-21(31)25-17(28)10-11-18(25)29)14-7-3-5-12-4-1-2-6-13(12)14/h1-11,19H,(H,22,30)(H,23,31). The molecule has 2 aromatic rings. The van der Waals surface area contributed by atoms with Gasteiger partial charge < -0.3 is 10.6 Å². The van der Waals surface area contributed by atoms with Crippen molar-refractivity contribution in [1.82, 2.24) is 20.4 Å². The van der Waals surface area contributed by atoms with Crippen LogP contribution in [-0.4, -0.2) is 45.5 Å². The maximum atomic E-state index is 12.6. The highest BCUT2D eigenvalue weighted by atomic mass is 16.2. The van der Waals surface area contributed by atoms with Crippen molar-refractivity contribution in [2.24, 2.45) is 0 Å². The number of urea groups is 2. The Kier molecular flexibility index (Phi) is 4.88. The fraction of sp³-hybridized carbons (Fsp3) is 0.0476. The number of nitrogens with one attached hydrogen (secondary N) is 2. The third-order valence-electron chi connectivity index (χ3n) is 4.69. The van der Waals surface area contributed by atoms with Crippen LogP contribution in [0.1, 0.15) is 11.7 Å². The number of hydrogen-bond acceptors (Lipinski definition) is 6. The molecule has 0 aromatic heterocycles. The third-order valence-corrected chi connectivity index (χ3v) is 4.69. The average molecular weight is 418 g/mol. The summed E-state index contributed by atoms with van der Waals surface area (Å²) in [6.07, 6.45) is 2.51. The molecule has 0 fully saturated rings. The van der Waals surface area contributed by atoms with E-state index in [9.17, 15) is 28.8 Å². The number of carbonyl (C=O) groups is 6. The van der Waals surface area contributed by atoms with Gasteiger partial charge in [-0.2, -0.15) is 9.80 Å². The smallest absolute Gasteiger partial charge is 0.313 e. The van der Waals surface area contributed by atoms with Crippen LogP contribution in [0.5, 0.6) is 0 Å². The van der Waals surface area contributed by atoms with E-state index in [-0.39, 0.29) is 0 Å². The Labute approximate surface area is 174 Å². The average Bonchev–Trinajstić information content (AvgIpc) is 3.27. The Morgan fingerprint density at radius 3 is 1.61 bits per heavy atom. The number of fused-ring (bicyclic) bond motifs is 1. The molecule has 2 aromatic carbocycles. The maximum absolute atomic E-state index is 12.6. The molecular weight excluding hydrogens is 404 g/mol. The molecule has 10 heteroatoms. The molecule has 10 nitrogen and oxygen atoms in total. The van der Waals surface area contributed by atoms with Gasteiger partial charge in [-0.25, -0.2) is 9.59 Å². The molecule has 2 N–H and O–H groups in total. The lowest BCUT2D eigenvalue weighted by molar-refractivity contribution is -0.134. The van der Waals surface area contributed by atoms with Gasteiger partial charge in [0.25, 0.3) is 23.6 Å². The zero-order valence-electron chi connectivity index (χ0n) is 15.8. The number of rotatable bonds is 3. The van der Waals surface area contributed by atoms with Crippen molar-refractivity contribution in [3.63, 3.8) is 0 Å². The molecule has 2 heterocycles. The molecule has 0 unspecified atom stereocenters. The van der Waals surface area contributed by atoms with E-state index in [1.165, 1.54) is 0 Å². The monoisotopic (exact) mass is 418 g/mol. The number of nitrogens with zero attached hydrogens (tertiary/aromatic N) is 2. The fourth-order valence-corrected chi connectivity index (χ4v) is 3.27. The Morgan fingerprint density at radius 1 is 0.645 bits per heavy atom. The van der Waals surface area contributed by atoms with E-state index in [2.05, 4.69) is 10.6 Å². The molecule has 2 aliphatic heterocycles. The van der Waals surface area contributed by atoms with Crippen LogP contribution in [0.3, 0.4) is 0 Å². The van der Waals surface area contributed by atoms with Gasteiger partial charge in [0.05, 0.1) is 0 Å². The van der Waals surface area contributed by atoms with Crippen molar-refractivity contribution >= 4 is 46.5 Å². The van der Waals surface area contributed by atoms with Gasteiger partial charge in [-0.05, 0) is 10.8 Å². The van der Waals surface area contributed by atoms with Crippen molar-refractivity contribution in [3.8, 4) is 0 Å². The maximum Gasteiger partial charge on any atom is 0.333 e. The van der Waals surface area contributed by atoms with Gasteiger partial charge in [-0.3, -0.25) is 19.2 Å². The molecular formula is C21H14N4O6. The largest absolute Gasteiger partial charge is 0.333 e. The van der Waals surface area contributed by atoms with E-state index in [0.29, 0.717) is 20.7 Å². The minimum atomic E-state index is -1.27. The van der Waals surface area contributed by atoms with Crippen molar-refractivity contribution < 1.29 is 28.8 Å². The molecule has 31 heavy (non-hydrogen) atoms. The Morgan fingerprint density at radius 2 is 1.10 bits per heavy atom. The minimum absolute atomic E-state index is 0.373. The summed E-state index contributed by atoms with van der Waals surface area (Å²) in [4.78, 5) is 73.4. The Hall–Kier alpha value is -4.60. The second kappa shape index (κ2) is 7.67. The molecule has 4 rings (SSSR count). The Balaban J connectivity index is 1.68. The molecule has 2 aliphatic rings. The lowest BCUT2D eigenvalue weighted by Crippen LogP contribution is -2.52. The van der Waals surface area contributed by atoms with Gasteiger partial charge >= 0.3 is 12.1 Å². The lowest BCUT2D eigenvalue weighted by Gasteiger charge is -2.25. The first-order chi connectivity index (χ1) is 14.9. The summed E-state index contributed by atoms with van der Waals surface area (Å²) < 4.78 is 0. The molecule has 154 valence electrons. The molecule has 0 aliphatic carbocycles. The highest BCUT2D eigenvalue weighted by Gasteiger charge is 2.35. The van der Waals surface area contributed by atoms with E-state index >= 15 is 0 Å². The first kappa shape index (κ1) is 19.7. The first-order valence-corrected chi connectivity index (χ1v) is 9.08. The second-order valence-corrected chi connectivity index (χ2v) is 6.59. The highest BCUT2D eigenvalue weighted by Crippen LogP contribution is 2.24. The number of amides is 8. The summed E-state index contributed by atoms with van der Waals surface area (Å²) in [6, 6.07) is 10.1. The van der Waals surface area contributed by atoms with Crippen LogP contribution in [0.25, 0.3) is 10.8 Å². The van der Waals surface area contributed by atoms with Crippen molar-refractivity contribution in [3.05, 3.63) is 72.3 Å². The van der Waals surface area contributed by atoms with Crippen molar-refractivity contribution in [2.75, 3.05) is 0 Å². The van der Waals surface area contributed by atoms with Gasteiger partial charge in [-0.1, -0.05) is 42.5 Å². The number of hydrogen-bond donors (Lipinski definition) is 2. The molecule has 0 atom stereocenters. The molecule has 0 bridgehead atoms. The molecule has 0 radical (unpaired) electrons. The second-order valence-electron chi connectivity index (χ2n) is 6.59. The van der Waals surface area contributed by atoms with Crippen LogP contribution >= 0.6 is 0 Å². The van der Waals surface area contributed by atoms with Crippen molar-refractivity contribution in [2.45, 2.75) is 6.17 Å². The van der Waals surface area contributed by atoms with E-state index in [1.807, 2.05) is 12.1 Å². The summed E-state index contributed by atoms with van der Waals surface area (Å²) in [6.45, 7) is 0. The highest BCUT2D eigenvalue weighted by molar-refractivity contribution is 6.23. The van der Waals surface area contributed by atoms with Crippen LogP contribution in [0.4, 0.5) is 9.59 Å². The lowest BCUT2D eigenvalue weighted by atomic mass is 10.0. The zero-order valence-corrected chi connectivity index (χ0v) is 15.8. The summed E-state index contributed by atoms with van der Waals surface area (Å²) in [5.74, 6) is -3.33. The normalized spacial score (nSPS) is 15.5. The number of carbonyl (C=O) groups excluding carboxylic acids is 6. The summed E-state index contributed by atoms with van der Waals surface area (Å²) >= 11 is 0. The minimum Gasteiger partial charge on any atom is -0.313 e. The molecule has 8 amide bonds. The fourth-order valence-electron chi connectivity index (χ4n) is 3.27. The number of imide groups is 6.